The van der Waals surface area contributed by atoms with Crippen LogP contribution < -0.4 is 0 Å². The fraction of sp³-hybridized carbons (Fsp3) is 1.00. The van der Waals surface area contributed by atoms with Gasteiger partial charge in [-0.15, -0.1) is 0 Å². The van der Waals surface area contributed by atoms with Crippen LogP contribution in [-0.2, 0) is 23.6 Å². The van der Waals surface area contributed by atoms with Crippen LogP contribution in [0, 0.1) is 0 Å². The van der Waals surface area contributed by atoms with E-state index in [1.165, 1.54) is 0 Å². The molecule has 0 aliphatic rings. The maximum Gasteiger partial charge on any atom is 0.129 e. The first kappa shape index (κ1) is 14.5. The largest absolute Gasteiger partial charge is 0.129 e. The first-order valence-electron chi connectivity index (χ1n) is 3.17. The third-order valence-corrected chi connectivity index (χ3v) is 12.1. The molecule has 0 N–H and O–H groups in total. The van der Waals surface area contributed by atoms with Gasteiger partial charge in [0, 0.05) is 0 Å². The van der Waals surface area contributed by atoms with Gasteiger partial charge in [0.2, 0.25) is 0 Å². The highest BCUT2D eigenvalue weighted by atomic mass is 35.9. The quantitative estimate of drug-likeness (QED) is 0.610. The molecule has 8 heteroatoms. The molecule has 0 fully saturated rings. The van der Waals surface area contributed by atoms with E-state index in [4.69, 9.17) is 68.6 Å². The normalized spacial score (nSPS) is 13.8. The van der Waals surface area contributed by atoms with Gasteiger partial charge in [-0.2, -0.15) is 0 Å². The predicted molar refractivity (Wildman–Crippen MR) is 70.7 cm³/mol. The fourth-order valence-electron chi connectivity index (χ4n) is 0.715. The van der Waals surface area contributed by atoms with E-state index in [9.17, 15) is 0 Å². The van der Waals surface area contributed by atoms with Crippen LogP contribution in [-0.4, -0.2) is 5.40 Å². The summed E-state index contributed by atoms with van der Waals surface area (Å²) in [5.41, 5.74) is 0. The molecular formula is C4H8Cl4P2S2. The number of hydrogen-bond donors (Lipinski definition) is 0. The summed E-state index contributed by atoms with van der Waals surface area (Å²) in [6.45, 7) is 1.99. The van der Waals surface area contributed by atoms with Crippen molar-refractivity contribution in [2.45, 2.75) is 25.2 Å². The minimum Gasteiger partial charge on any atom is -0.0676 e. The van der Waals surface area contributed by atoms with Gasteiger partial charge in [0.25, 0.3) is 0 Å². The Balaban J connectivity index is 4.70. The molecule has 0 bridgehead atoms. The molecule has 0 spiro atoms. The molecule has 0 radical (unpaired) electrons. The highest BCUT2D eigenvalue weighted by Crippen LogP contribution is 2.79. The van der Waals surface area contributed by atoms with Gasteiger partial charge in [-0.3, -0.25) is 0 Å². The maximum absolute atomic E-state index is 5.85. The average molecular weight is 324 g/mol. The van der Waals surface area contributed by atoms with Crippen LogP contribution in [0.15, 0.2) is 0 Å². The zero-order valence-corrected chi connectivity index (χ0v) is 12.7. The molecule has 0 aliphatic heterocycles. The van der Waals surface area contributed by atoms with Crippen molar-refractivity contribution in [3.05, 3.63) is 0 Å². The van der Waals surface area contributed by atoms with Gasteiger partial charge in [-0.1, -0.05) is 81.9 Å². The van der Waals surface area contributed by atoms with E-state index in [1.54, 1.807) is 0 Å². The summed E-state index contributed by atoms with van der Waals surface area (Å²) < 4.78 is -4.91. The Morgan fingerprint density at radius 1 is 1.08 bits per heavy atom. The second-order valence-electron chi connectivity index (χ2n) is 2.27. The molecule has 0 amide bonds. The third kappa shape index (κ3) is 5.37. The van der Waals surface area contributed by atoms with Crippen LogP contribution in [0.4, 0.5) is 0 Å². The Labute approximate surface area is 102 Å². The molecule has 0 rings (SSSR count). The predicted octanol–water partition coefficient (Wildman–Crippen LogP) is 5.69. The topological polar surface area (TPSA) is 0 Å². The zero-order chi connectivity index (χ0) is 9.99. The highest BCUT2D eigenvalue weighted by Gasteiger charge is 2.34. The molecule has 0 saturated heterocycles. The summed E-state index contributed by atoms with van der Waals surface area (Å²) in [5, 5.41) is -0.258. The molecule has 0 aromatic carbocycles. The van der Waals surface area contributed by atoms with Crippen molar-refractivity contribution in [3.63, 3.8) is 0 Å². The van der Waals surface area contributed by atoms with Crippen molar-refractivity contribution in [1.82, 2.24) is 0 Å². The molecule has 0 unspecified atom stereocenters. The van der Waals surface area contributed by atoms with Crippen LogP contribution in [0.25, 0.3) is 0 Å². The van der Waals surface area contributed by atoms with E-state index < -0.39 is 9.49 Å². The Morgan fingerprint density at radius 2 is 1.42 bits per heavy atom. The summed E-state index contributed by atoms with van der Waals surface area (Å²) in [6, 6.07) is 0. The summed E-state index contributed by atoms with van der Waals surface area (Å²) in [5.74, 6) is 0. The molecule has 0 aliphatic carbocycles. The van der Waals surface area contributed by atoms with Gasteiger partial charge in [-0.05, 0) is 6.42 Å². The van der Waals surface area contributed by atoms with E-state index >= 15 is 0 Å². The van der Waals surface area contributed by atoms with Gasteiger partial charge in [-0.25, -0.2) is 0 Å². The van der Waals surface area contributed by atoms with Gasteiger partial charge in [0.15, 0.2) is 0 Å². The zero-order valence-electron chi connectivity index (χ0n) is 6.21. The molecule has 0 aromatic rings. The minimum atomic E-state index is -2.45. The lowest BCUT2D eigenvalue weighted by Gasteiger charge is -2.22. The lowest BCUT2D eigenvalue weighted by atomic mass is 10.4. The number of rotatable bonds is 4. The summed E-state index contributed by atoms with van der Waals surface area (Å²) >= 11 is 33.3. The van der Waals surface area contributed by atoms with E-state index in [2.05, 4.69) is 0 Å². The Morgan fingerprint density at radius 3 is 1.50 bits per heavy atom. The minimum absolute atomic E-state index is 0.258. The Bertz CT molecular complexity index is 209. The number of hydrogen-bond acceptors (Lipinski definition) is 2. The third-order valence-electron chi connectivity index (χ3n) is 1.24. The molecule has 0 nitrogen and oxygen atoms in total. The van der Waals surface area contributed by atoms with Gasteiger partial charge >= 0.3 is 0 Å². The van der Waals surface area contributed by atoms with Crippen molar-refractivity contribution in [2.24, 2.45) is 0 Å². The van der Waals surface area contributed by atoms with Crippen molar-refractivity contribution < 1.29 is 0 Å². The van der Waals surface area contributed by atoms with Crippen molar-refractivity contribution in [1.29, 1.82) is 0 Å². The molecule has 0 aromatic heterocycles. The van der Waals surface area contributed by atoms with Crippen LogP contribution >= 0.6 is 54.4 Å². The van der Waals surface area contributed by atoms with E-state index in [0.29, 0.717) is 6.42 Å². The van der Waals surface area contributed by atoms with Gasteiger partial charge in [0.1, 0.15) is 9.49 Å². The first-order valence-corrected chi connectivity index (χ1v) is 12.5. The van der Waals surface area contributed by atoms with E-state index in [0.717, 1.165) is 6.42 Å². The van der Waals surface area contributed by atoms with E-state index in [1.807, 2.05) is 6.92 Å². The molecule has 0 heterocycles. The number of halogens is 4. The summed E-state index contributed by atoms with van der Waals surface area (Å²) in [4.78, 5) is 0. The van der Waals surface area contributed by atoms with Crippen molar-refractivity contribution in [3.8, 4) is 0 Å². The molecule has 0 saturated carbocycles. The fourth-order valence-corrected chi connectivity index (χ4v) is 16.2. The first-order chi connectivity index (χ1) is 5.19. The van der Waals surface area contributed by atoms with Crippen molar-refractivity contribution >= 4 is 78.1 Å². The summed E-state index contributed by atoms with van der Waals surface area (Å²) in [6.07, 6.45) is 1.61. The molecule has 12 heavy (non-hydrogen) atoms. The van der Waals surface area contributed by atoms with Crippen LogP contribution in [0.2, 0.25) is 0 Å². The second-order valence-corrected chi connectivity index (χ2v) is 19.2. The lowest BCUT2D eigenvalue weighted by Crippen LogP contribution is -1.97. The van der Waals surface area contributed by atoms with Gasteiger partial charge in [0.05, 0.1) is 5.40 Å². The Hall–Kier alpha value is 2.46. The second kappa shape index (κ2) is 5.52. The van der Waals surface area contributed by atoms with E-state index in [-0.39, 0.29) is 5.40 Å². The van der Waals surface area contributed by atoms with Gasteiger partial charge < -0.3 is 0 Å². The lowest BCUT2D eigenvalue weighted by molar-refractivity contribution is 0.866. The molecular weight excluding hydrogens is 316 g/mol. The molecule has 74 valence electrons. The molecule has 0 atom stereocenters. The van der Waals surface area contributed by atoms with Crippen LogP contribution in [0.1, 0.15) is 19.8 Å². The smallest absolute Gasteiger partial charge is 0.0676 e. The van der Waals surface area contributed by atoms with Crippen molar-refractivity contribution in [2.75, 3.05) is 0 Å². The Kier molecular flexibility index (Phi) is 6.65. The average Bonchev–Trinajstić information content (AvgIpc) is 1.77. The van der Waals surface area contributed by atoms with Crippen LogP contribution in [0.5, 0.6) is 0 Å². The summed E-state index contributed by atoms with van der Waals surface area (Å²) in [7, 11) is 0. The maximum atomic E-state index is 5.85. The van der Waals surface area contributed by atoms with Crippen LogP contribution in [0.3, 0.4) is 0 Å². The standard InChI is InChI=1S/C4H8Cl4P2S2/c1-2-3-4(9(5,6)11)10(7,8)12/h4H,2-3H2,1H3. The SMILES string of the molecule is CCCC(P(=S)(Cl)Cl)P(=S)(Cl)Cl. The highest BCUT2D eigenvalue weighted by molar-refractivity contribution is 8.49. The monoisotopic (exact) mass is 322 g/mol.